The number of nitrogens with zero attached hydrogens (tertiary/aromatic N) is 1. The van der Waals surface area contributed by atoms with Gasteiger partial charge in [0, 0.05) is 17.6 Å². The fourth-order valence-electron chi connectivity index (χ4n) is 3.40. The number of ether oxygens (including phenoxy) is 1. The molecule has 0 spiro atoms. The second-order valence-corrected chi connectivity index (χ2v) is 7.11. The van der Waals surface area contributed by atoms with Crippen molar-refractivity contribution >= 4 is 23.6 Å². The van der Waals surface area contributed by atoms with Crippen molar-refractivity contribution in [2.75, 3.05) is 26.7 Å². The first-order valence-electron chi connectivity index (χ1n) is 9.25. The molecule has 1 heterocycles. The molecule has 1 aliphatic rings. The standard InChI is InChI=1S/C22H25ClN2O2/c1-27-20-9-4-6-17(14-20)10-11-22(26)24-16-21(25-12-2-3-13-25)18-7-5-8-19(23)15-18/h4-11,14-15,21H,2-3,12-13,16H2,1H3,(H,24,26)/b11-10+. The van der Waals surface area contributed by atoms with Gasteiger partial charge in [-0.1, -0.05) is 35.9 Å². The Kier molecular flexibility index (Phi) is 6.91. The summed E-state index contributed by atoms with van der Waals surface area (Å²) in [5.74, 6) is 0.664. The van der Waals surface area contributed by atoms with E-state index in [0.29, 0.717) is 6.54 Å². The molecule has 0 saturated carbocycles. The third-order valence-corrected chi connectivity index (χ3v) is 5.04. The molecule has 27 heavy (non-hydrogen) atoms. The van der Waals surface area contributed by atoms with E-state index in [1.807, 2.05) is 42.5 Å². The van der Waals surface area contributed by atoms with E-state index < -0.39 is 0 Å². The minimum absolute atomic E-state index is 0.107. The molecule has 1 atom stereocenters. The van der Waals surface area contributed by atoms with Gasteiger partial charge >= 0.3 is 0 Å². The van der Waals surface area contributed by atoms with Crippen LogP contribution in [0.25, 0.3) is 6.08 Å². The Bertz CT molecular complexity index is 800. The van der Waals surface area contributed by atoms with Crippen LogP contribution in [0.5, 0.6) is 5.75 Å². The molecular weight excluding hydrogens is 360 g/mol. The van der Waals surface area contributed by atoms with E-state index in [2.05, 4.69) is 16.3 Å². The summed E-state index contributed by atoms with van der Waals surface area (Å²) in [4.78, 5) is 14.7. The van der Waals surface area contributed by atoms with Crippen molar-refractivity contribution < 1.29 is 9.53 Å². The Morgan fingerprint density at radius 2 is 2.00 bits per heavy atom. The molecule has 1 fully saturated rings. The molecule has 2 aromatic carbocycles. The van der Waals surface area contributed by atoms with E-state index in [4.69, 9.17) is 16.3 Å². The summed E-state index contributed by atoms with van der Waals surface area (Å²) in [5, 5.41) is 3.76. The van der Waals surface area contributed by atoms with Crippen LogP contribution in [-0.2, 0) is 4.79 Å². The first-order chi connectivity index (χ1) is 13.2. The number of benzene rings is 2. The molecule has 0 bridgehead atoms. The highest BCUT2D eigenvalue weighted by molar-refractivity contribution is 6.30. The number of carbonyl (C=O) groups is 1. The van der Waals surface area contributed by atoms with Crippen molar-refractivity contribution in [2.24, 2.45) is 0 Å². The van der Waals surface area contributed by atoms with Crippen molar-refractivity contribution in [2.45, 2.75) is 18.9 Å². The number of methoxy groups -OCH3 is 1. The molecule has 1 saturated heterocycles. The lowest BCUT2D eigenvalue weighted by Crippen LogP contribution is -2.36. The van der Waals surface area contributed by atoms with Crippen LogP contribution in [0.3, 0.4) is 0 Å². The Balaban J connectivity index is 1.64. The van der Waals surface area contributed by atoms with Crippen LogP contribution in [0.2, 0.25) is 5.02 Å². The summed E-state index contributed by atoms with van der Waals surface area (Å²) in [5.41, 5.74) is 2.07. The van der Waals surface area contributed by atoms with Gasteiger partial charge < -0.3 is 10.1 Å². The Morgan fingerprint density at radius 1 is 1.22 bits per heavy atom. The number of hydrogen-bond acceptors (Lipinski definition) is 3. The molecule has 0 radical (unpaired) electrons. The molecule has 1 amide bonds. The van der Waals surface area contributed by atoms with E-state index in [0.717, 1.165) is 35.0 Å². The average Bonchev–Trinajstić information content (AvgIpc) is 3.21. The quantitative estimate of drug-likeness (QED) is 0.723. The minimum atomic E-state index is -0.107. The number of halogens is 1. The number of nitrogens with one attached hydrogen (secondary N) is 1. The topological polar surface area (TPSA) is 41.6 Å². The largest absolute Gasteiger partial charge is 0.497 e. The van der Waals surface area contributed by atoms with E-state index in [9.17, 15) is 4.79 Å². The summed E-state index contributed by atoms with van der Waals surface area (Å²) < 4.78 is 5.21. The molecule has 0 aliphatic carbocycles. The second-order valence-electron chi connectivity index (χ2n) is 6.67. The lowest BCUT2D eigenvalue weighted by atomic mass is 10.1. The maximum atomic E-state index is 12.3. The summed E-state index contributed by atoms with van der Waals surface area (Å²) >= 11 is 6.17. The number of rotatable bonds is 7. The molecule has 0 aromatic heterocycles. The molecule has 2 aromatic rings. The van der Waals surface area contributed by atoms with E-state index >= 15 is 0 Å². The third-order valence-electron chi connectivity index (χ3n) is 4.81. The Hall–Kier alpha value is -2.30. The molecule has 3 rings (SSSR count). The highest BCUT2D eigenvalue weighted by Crippen LogP contribution is 2.26. The summed E-state index contributed by atoms with van der Waals surface area (Å²) in [6.07, 6.45) is 5.75. The zero-order valence-electron chi connectivity index (χ0n) is 15.5. The van der Waals surface area contributed by atoms with Crippen LogP contribution < -0.4 is 10.1 Å². The molecule has 1 aliphatic heterocycles. The predicted molar refractivity (Wildman–Crippen MR) is 110 cm³/mol. The monoisotopic (exact) mass is 384 g/mol. The summed E-state index contributed by atoms with van der Waals surface area (Å²) in [6, 6.07) is 15.7. The van der Waals surface area contributed by atoms with Gasteiger partial charge in [-0.05, 0) is 67.4 Å². The number of carbonyl (C=O) groups excluding carboxylic acids is 1. The van der Waals surface area contributed by atoms with Crippen LogP contribution in [0.1, 0.15) is 30.0 Å². The third kappa shape index (κ3) is 5.59. The number of likely N-dealkylation sites (tertiary alicyclic amines) is 1. The summed E-state index contributed by atoms with van der Waals surface area (Å²) in [7, 11) is 1.63. The highest BCUT2D eigenvalue weighted by Gasteiger charge is 2.23. The molecule has 4 nitrogen and oxygen atoms in total. The molecule has 5 heteroatoms. The maximum absolute atomic E-state index is 12.3. The molecule has 142 valence electrons. The van der Waals surface area contributed by atoms with Gasteiger partial charge in [-0.3, -0.25) is 9.69 Å². The van der Waals surface area contributed by atoms with Gasteiger partial charge in [0.2, 0.25) is 5.91 Å². The predicted octanol–water partition coefficient (Wildman–Crippen LogP) is 4.32. The highest BCUT2D eigenvalue weighted by atomic mass is 35.5. The number of hydrogen-bond donors (Lipinski definition) is 1. The Labute approximate surface area is 165 Å². The average molecular weight is 385 g/mol. The molecule has 1 N–H and O–H groups in total. The van der Waals surface area contributed by atoms with Crippen LogP contribution in [-0.4, -0.2) is 37.6 Å². The van der Waals surface area contributed by atoms with Gasteiger partial charge in [0.05, 0.1) is 13.2 Å². The Morgan fingerprint density at radius 3 is 2.74 bits per heavy atom. The number of amides is 1. The molecule has 1 unspecified atom stereocenters. The van der Waals surface area contributed by atoms with Gasteiger partial charge in [0.25, 0.3) is 0 Å². The zero-order chi connectivity index (χ0) is 19.1. The second kappa shape index (κ2) is 9.58. The van der Waals surface area contributed by atoms with Crippen molar-refractivity contribution in [1.29, 1.82) is 0 Å². The SMILES string of the molecule is COc1cccc(/C=C/C(=O)NCC(c2cccc(Cl)c2)N2CCCC2)c1. The van der Waals surface area contributed by atoms with Gasteiger partial charge in [-0.2, -0.15) is 0 Å². The van der Waals surface area contributed by atoms with Crippen LogP contribution in [0.15, 0.2) is 54.6 Å². The van der Waals surface area contributed by atoms with Gasteiger partial charge in [0.1, 0.15) is 5.75 Å². The fraction of sp³-hybridized carbons (Fsp3) is 0.318. The van der Waals surface area contributed by atoms with Crippen LogP contribution >= 0.6 is 11.6 Å². The smallest absolute Gasteiger partial charge is 0.244 e. The van der Waals surface area contributed by atoms with Gasteiger partial charge in [-0.25, -0.2) is 0 Å². The lowest BCUT2D eigenvalue weighted by molar-refractivity contribution is -0.116. The van der Waals surface area contributed by atoms with Crippen molar-refractivity contribution in [3.8, 4) is 5.75 Å². The maximum Gasteiger partial charge on any atom is 0.244 e. The summed E-state index contributed by atoms with van der Waals surface area (Å²) in [6.45, 7) is 2.65. The minimum Gasteiger partial charge on any atom is -0.497 e. The lowest BCUT2D eigenvalue weighted by Gasteiger charge is -2.28. The van der Waals surface area contributed by atoms with E-state index in [1.165, 1.54) is 12.8 Å². The van der Waals surface area contributed by atoms with Crippen molar-refractivity contribution in [1.82, 2.24) is 10.2 Å². The normalized spacial score (nSPS) is 15.8. The first-order valence-corrected chi connectivity index (χ1v) is 9.63. The van der Waals surface area contributed by atoms with Crippen LogP contribution in [0.4, 0.5) is 0 Å². The zero-order valence-corrected chi connectivity index (χ0v) is 16.3. The van der Waals surface area contributed by atoms with E-state index in [1.54, 1.807) is 19.3 Å². The van der Waals surface area contributed by atoms with E-state index in [-0.39, 0.29) is 11.9 Å². The first kappa shape index (κ1) is 19.5. The van der Waals surface area contributed by atoms with Crippen LogP contribution in [0, 0.1) is 0 Å². The molecular formula is C22H25ClN2O2. The fourth-order valence-corrected chi connectivity index (χ4v) is 3.60. The van der Waals surface area contributed by atoms with Gasteiger partial charge in [0.15, 0.2) is 0 Å². The van der Waals surface area contributed by atoms with Crippen molar-refractivity contribution in [3.05, 3.63) is 70.8 Å². The van der Waals surface area contributed by atoms with Gasteiger partial charge in [-0.15, -0.1) is 0 Å². The van der Waals surface area contributed by atoms with Crippen molar-refractivity contribution in [3.63, 3.8) is 0 Å².